The van der Waals surface area contributed by atoms with Crippen LogP contribution in [0.15, 0.2) is 12.1 Å². The Labute approximate surface area is 125 Å². The lowest BCUT2D eigenvalue weighted by Gasteiger charge is -2.28. The third-order valence-corrected chi connectivity index (χ3v) is 3.92. The standard InChI is InChI=1S/C16H23NO4/c1-10(2)15(16(18)21-5)17-8-11-6-13(19-3)14(20-4)7-12(11)9-17/h6-7,10,15H,8-9H2,1-5H3/t15-/m0/s1. The second-order valence-electron chi connectivity index (χ2n) is 5.59. The van der Waals surface area contributed by atoms with Crippen LogP contribution in [0.5, 0.6) is 11.5 Å². The van der Waals surface area contributed by atoms with E-state index in [-0.39, 0.29) is 17.9 Å². The molecule has 2 rings (SSSR count). The smallest absolute Gasteiger partial charge is 0.323 e. The Bertz CT molecular complexity index is 494. The van der Waals surface area contributed by atoms with Crippen molar-refractivity contribution in [2.45, 2.75) is 33.0 Å². The number of methoxy groups -OCH3 is 3. The molecule has 21 heavy (non-hydrogen) atoms. The van der Waals surface area contributed by atoms with Gasteiger partial charge in [0.05, 0.1) is 21.3 Å². The van der Waals surface area contributed by atoms with Gasteiger partial charge in [0.15, 0.2) is 11.5 Å². The Morgan fingerprint density at radius 1 is 1.05 bits per heavy atom. The Balaban J connectivity index is 2.27. The number of fused-ring (bicyclic) bond motifs is 1. The van der Waals surface area contributed by atoms with Crippen LogP contribution in [0.2, 0.25) is 0 Å². The van der Waals surface area contributed by atoms with E-state index < -0.39 is 0 Å². The van der Waals surface area contributed by atoms with Gasteiger partial charge < -0.3 is 14.2 Å². The lowest BCUT2D eigenvalue weighted by Crippen LogP contribution is -2.42. The van der Waals surface area contributed by atoms with Gasteiger partial charge in [0.25, 0.3) is 0 Å². The Kier molecular flexibility index (Phi) is 4.73. The van der Waals surface area contributed by atoms with Crippen LogP contribution in [-0.4, -0.2) is 38.2 Å². The third kappa shape index (κ3) is 2.97. The highest BCUT2D eigenvalue weighted by Gasteiger charge is 2.34. The monoisotopic (exact) mass is 293 g/mol. The molecule has 0 N–H and O–H groups in total. The average molecular weight is 293 g/mol. The highest BCUT2D eigenvalue weighted by Crippen LogP contribution is 2.36. The number of ether oxygens (including phenoxy) is 3. The van der Waals surface area contributed by atoms with Crippen molar-refractivity contribution in [2.75, 3.05) is 21.3 Å². The van der Waals surface area contributed by atoms with Crippen molar-refractivity contribution in [3.05, 3.63) is 23.3 Å². The van der Waals surface area contributed by atoms with E-state index in [0.717, 1.165) is 11.5 Å². The van der Waals surface area contributed by atoms with Crippen molar-refractivity contribution >= 4 is 5.97 Å². The van der Waals surface area contributed by atoms with Gasteiger partial charge in [-0.25, -0.2) is 0 Å². The van der Waals surface area contributed by atoms with E-state index in [2.05, 4.69) is 4.90 Å². The van der Waals surface area contributed by atoms with E-state index in [4.69, 9.17) is 14.2 Å². The van der Waals surface area contributed by atoms with Crippen molar-refractivity contribution in [1.29, 1.82) is 0 Å². The zero-order valence-electron chi connectivity index (χ0n) is 13.3. The number of esters is 1. The van der Waals surface area contributed by atoms with Crippen LogP contribution in [0.4, 0.5) is 0 Å². The molecule has 1 aromatic rings. The maximum absolute atomic E-state index is 12.0. The molecule has 1 aromatic carbocycles. The number of benzene rings is 1. The Hall–Kier alpha value is -1.75. The number of hydrogen-bond acceptors (Lipinski definition) is 5. The molecule has 0 spiro atoms. The van der Waals surface area contributed by atoms with Crippen molar-refractivity contribution in [2.24, 2.45) is 5.92 Å². The summed E-state index contributed by atoms with van der Waals surface area (Å²) in [5.41, 5.74) is 2.34. The van der Waals surface area contributed by atoms with E-state index in [1.807, 2.05) is 26.0 Å². The van der Waals surface area contributed by atoms with Crippen LogP contribution in [0.25, 0.3) is 0 Å². The first-order valence-corrected chi connectivity index (χ1v) is 7.07. The fourth-order valence-corrected chi connectivity index (χ4v) is 2.91. The number of carbonyl (C=O) groups is 1. The Morgan fingerprint density at radius 3 is 1.86 bits per heavy atom. The molecule has 1 atom stereocenters. The molecular weight excluding hydrogens is 270 g/mol. The molecule has 0 aliphatic carbocycles. The largest absolute Gasteiger partial charge is 0.493 e. The maximum Gasteiger partial charge on any atom is 0.323 e. The molecule has 1 aliphatic heterocycles. The molecule has 5 nitrogen and oxygen atoms in total. The predicted molar refractivity (Wildman–Crippen MR) is 79.4 cm³/mol. The van der Waals surface area contributed by atoms with Gasteiger partial charge in [0.2, 0.25) is 0 Å². The van der Waals surface area contributed by atoms with Gasteiger partial charge in [-0.2, -0.15) is 0 Å². The van der Waals surface area contributed by atoms with Crippen molar-refractivity contribution in [3.63, 3.8) is 0 Å². The lowest BCUT2D eigenvalue weighted by molar-refractivity contribution is -0.149. The molecule has 0 aromatic heterocycles. The summed E-state index contributed by atoms with van der Waals surface area (Å²) >= 11 is 0. The summed E-state index contributed by atoms with van der Waals surface area (Å²) < 4.78 is 15.6. The molecule has 116 valence electrons. The highest BCUT2D eigenvalue weighted by molar-refractivity contribution is 5.76. The van der Waals surface area contributed by atoms with Gasteiger partial charge in [-0.05, 0) is 29.2 Å². The van der Waals surface area contributed by atoms with E-state index >= 15 is 0 Å². The second kappa shape index (κ2) is 6.35. The first kappa shape index (κ1) is 15.6. The minimum atomic E-state index is -0.237. The van der Waals surface area contributed by atoms with Crippen LogP contribution in [0.3, 0.4) is 0 Å². The number of nitrogens with zero attached hydrogens (tertiary/aromatic N) is 1. The molecule has 0 bridgehead atoms. The molecule has 0 unspecified atom stereocenters. The molecule has 0 fully saturated rings. The first-order chi connectivity index (χ1) is 10.0. The van der Waals surface area contributed by atoms with Gasteiger partial charge in [-0.1, -0.05) is 13.8 Å². The zero-order valence-corrected chi connectivity index (χ0v) is 13.3. The van der Waals surface area contributed by atoms with Crippen LogP contribution < -0.4 is 9.47 Å². The number of carbonyl (C=O) groups excluding carboxylic acids is 1. The average Bonchev–Trinajstić information content (AvgIpc) is 2.86. The molecule has 0 saturated carbocycles. The van der Waals surface area contributed by atoms with E-state index in [0.29, 0.717) is 13.1 Å². The van der Waals surface area contributed by atoms with Gasteiger partial charge in [-0.3, -0.25) is 9.69 Å². The minimum absolute atomic E-state index is 0.184. The van der Waals surface area contributed by atoms with Crippen LogP contribution in [0.1, 0.15) is 25.0 Å². The quantitative estimate of drug-likeness (QED) is 0.779. The van der Waals surface area contributed by atoms with Crippen LogP contribution in [-0.2, 0) is 22.6 Å². The topological polar surface area (TPSA) is 48.0 Å². The van der Waals surface area contributed by atoms with Gasteiger partial charge in [-0.15, -0.1) is 0 Å². The summed E-state index contributed by atoms with van der Waals surface area (Å²) in [6.45, 7) is 5.50. The fraction of sp³-hybridized carbons (Fsp3) is 0.562. The molecule has 1 heterocycles. The predicted octanol–water partition coefficient (Wildman–Crippen LogP) is 2.22. The van der Waals surface area contributed by atoms with Crippen molar-refractivity contribution < 1.29 is 19.0 Å². The van der Waals surface area contributed by atoms with Crippen molar-refractivity contribution in [3.8, 4) is 11.5 Å². The van der Waals surface area contributed by atoms with Crippen LogP contribution in [0, 0.1) is 5.92 Å². The molecule has 0 saturated heterocycles. The molecular formula is C16H23NO4. The highest BCUT2D eigenvalue weighted by atomic mass is 16.5. The van der Waals surface area contributed by atoms with Crippen molar-refractivity contribution in [1.82, 2.24) is 4.90 Å². The second-order valence-corrected chi connectivity index (χ2v) is 5.59. The molecule has 0 radical (unpaired) electrons. The van der Waals surface area contributed by atoms with Crippen LogP contribution >= 0.6 is 0 Å². The summed E-state index contributed by atoms with van der Waals surface area (Å²) in [6.07, 6.45) is 0. The zero-order chi connectivity index (χ0) is 15.6. The first-order valence-electron chi connectivity index (χ1n) is 7.07. The summed E-state index contributed by atoms with van der Waals surface area (Å²) in [5.74, 6) is 1.45. The summed E-state index contributed by atoms with van der Waals surface area (Å²) in [5, 5.41) is 0. The number of rotatable bonds is 5. The summed E-state index contributed by atoms with van der Waals surface area (Å²) in [6, 6.07) is 3.74. The maximum atomic E-state index is 12.0. The summed E-state index contributed by atoms with van der Waals surface area (Å²) in [7, 11) is 4.69. The number of hydrogen-bond donors (Lipinski definition) is 0. The van der Waals surface area contributed by atoms with Gasteiger partial charge in [0, 0.05) is 13.1 Å². The van der Waals surface area contributed by atoms with E-state index in [1.54, 1.807) is 14.2 Å². The normalized spacial score (nSPS) is 15.7. The summed E-state index contributed by atoms with van der Waals surface area (Å²) in [4.78, 5) is 14.2. The van der Waals surface area contributed by atoms with E-state index in [1.165, 1.54) is 18.2 Å². The Morgan fingerprint density at radius 2 is 1.52 bits per heavy atom. The molecule has 1 aliphatic rings. The minimum Gasteiger partial charge on any atom is -0.493 e. The van der Waals surface area contributed by atoms with Gasteiger partial charge in [0.1, 0.15) is 6.04 Å². The molecule has 5 heteroatoms. The lowest BCUT2D eigenvalue weighted by atomic mass is 10.0. The third-order valence-electron chi connectivity index (χ3n) is 3.92. The van der Waals surface area contributed by atoms with Gasteiger partial charge >= 0.3 is 5.97 Å². The van der Waals surface area contributed by atoms with E-state index in [9.17, 15) is 4.79 Å². The SMILES string of the molecule is COC(=O)[C@H](C(C)C)N1Cc2cc(OC)c(OC)cc2C1. The molecule has 0 amide bonds. The fourth-order valence-electron chi connectivity index (χ4n) is 2.91.